The Hall–Kier alpha value is -1.77. The Bertz CT molecular complexity index is 838. The molecule has 4 rings (SSSR count). The van der Waals surface area contributed by atoms with Crippen molar-refractivity contribution in [1.29, 1.82) is 0 Å². The molecule has 0 unspecified atom stereocenters. The second kappa shape index (κ2) is 7.33. The van der Waals surface area contributed by atoms with Gasteiger partial charge in [-0.3, -0.25) is 0 Å². The standard InChI is InChI=1S/C18H24ClN7S/c19-14-11(3-7-23-16(14)22)27-12-10-24-17(25-15(12)21)26-8-5-18(6-9-26)4-1-2-13(18)20/h3,7,10,13H,1-2,4-6,8-9,20H2,(H2,22,23)(H2,21,24,25)/t13-/m1/s1. The molecule has 9 heteroatoms. The summed E-state index contributed by atoms with van der Waals surface area (Å²) in [6.07, 6.45) is 9.21. The van der Waals surface area contributed by atoms with E-state index in [1.807, 2.05) is 0 Å². The Labute approximate surface area is 168 Å². The van der Waals surface area contributed by atoms with Gasteiger partial charge >= 0.3 is 0 Å². The Balaban J connectivity index is 1.47. The van der Waals surface area contributed by atoms with Gasteiger partial charge in [-0.2, -0.15) is 4.98 Å². The minimum Gasteiger partial charge on any atom is -0.383 e. The second-order valence-corrected chi connectivity index (χ2v) is 8.84. The minimum atomic E-state index is 0.296. The highest BCUT2D eigenvalue weighted by atomic mass is 35.5. The third-order valence-electron chi connectivity index (χ3n) is 5.89. The van der Waals surface area contributed by atoms with E-state index < -0.39 is 0 Å². The van der Waals surface area contributed by atoms with Crippen LogP contribution in [0.25, 0.3) is 0 Å². The maximum atomic E-state index is 6.37. The molecule has 27 heavy (non-hydrogen) atoms. The molecule has 0 radical (unpaired) electrons. The van der Waals surface area contributed by atoms with Crippen LogP contribution < -0.4 is 22.1 Å². The first-order valence-corrected chi connectivity index (χ1v) is 10.4. The van der Waals surface area contributed by atoms with Crippen LogP contribution in [0.15, 0.2) is 28.3 Å². The van der Waals surface area contributed by atoms with Crippen molar-refractivity contribution in [2.75, 3.05) is 29.5 Å². The molecule has 2 aliphatic rings. The zero-order valence-electron chi connectivity index (χ0n) is 15.1. The van der Waals surface area contributed by atoms with Crippen molar-refractivity contribution in [2.45, 2.75) is 47.9 Å². The van der Waals surface area contributed by atoms with Gasteiger partial charge in [-0.1, -0.05) is 29.8 Å². The average molecular weight is 406 g/mol. The van der Waals surface area contributed by atoms with E-state index in [4.69, 9.17) is 28.8 Å². The molecular weight excluding hydrogens is 382 g/mol. The second-order valence-electron chi connectivity index (χ2n) is 7.38. The van der Waals surface area contributed by atoms with Gasteiger partial charge in [0.15, 0.2) is 0 Å². The smallest absolute Gasteiger partial charge is 0.227 e. The van der Waals surface area contributed by atoms with E-state index >= 15 is 0 Å². The van der Waals surface area contributed by atoms with Gasteiger partial charge in [0, 0.05) is 36.4 Å². The van der Waals surface area contributed by atoms with Crippen molar-refractivity contribution in [2.24, 2.45) is 11.1 Å². The monoisotopic (exact) mass is 405 g/mol. The predicted molar refractivity (Wildman–Crippen MR) is 110 cm³/mol. The molecule has 6 N–H and O–H groups in total. The van der Waals surface area contributed by atoms with Crippen LogP contribution in [0.5, 0.6) is 0 Å². The van der Waals surface area contributed by atoms with E-state index in [-0.39, 0.29) is 0 Å². The highest BCUT2D eigenvalue weighted by Gasteiger charge is 2.43. The lowest BCUT2D eigenvalue weighted by Crippen LogP contribution is -2.47. The third kappa shape index (κ3) is 3.53. The molecule has 7 nitrogen and oxygen atoms in total. The largest absolute Gasteiger partial charge is 0.383 e. The maximum absolute atomic E-state index is 6.37. The molecule has 1 spiro atoms. The number of hydrogen-bond acceptors (Lipinski definition) is 8. The number of anilines is 3. The quantitative estimate of drug-likeness (QED) is 0.712. The molecule has 3 heterocycles. The number of piperidine rings is 1. The van der Waals surface area contributed by atoms with Crippen molar-refractivity contribution in [3.63, 3.8) is 0 Å². The number of halogens is 1. The van der Waals surface area contributed by atoms with Crippen molar-refractivity contribution in [3.8, 4) is 0 Å². The fraction of sp³-hybridized carbons (Fsp3) is 0.500. The number of nitrogens with two attached hydrogens (primary N) is 3. The summed E-state index contributed by atoms with van der Waals surface area (Å²) >= 11 is 7.60. The van der Waals surface area contributed by atoms with Gasteiger partial charge in [0.25, 0.3) is 0 Å². The maximum Gasteiger partial charge on any atom is 0.227 e. The average Bonchev–Trinajstić information content (AvgIpc) is 3.01. The number of nitrogen functional groups attached to an aromatic ring is 2. The fourth-order valence-corrected chi connectivity index (χ4v) is 5.23. The third-order valence-corrected chi connectivity index (χ3v) is 7.49. The van der Waals surface area contributed by atoms with Crippen molar-refractivity contribution in [1.82, 2.24) is 15.0 Å². The predicted octanol–water partition coefficient (Wildman–Crippen LogP) is 2.94. The topological polar surface area (TPSA) is 120 Å². The number of hydrogen-bond donors (Lipinski definition) is 3. The number of aromatic nitrogens is 3. The Morgan fingerprint density at radius 1 is 1.11 bits per heavy atom. The fourth-order valence-electron chi connectivity index (χ4n) is 4.18. The zero-order chi connectivity index (χ0) is 19.0. The Kier molecular flexibility index (Phi) is 5.05. The van der Waals surface area contributed by atoms with Crippen molar-refractivity contribution < 1.29 is 0 Å². The summed E-state index contributed by atoms with van der Waals surface area (Å²) in [6.45, 7) is 1.85. The van der Waals surface area contributed by atoms with Crippen LogP contribution in [0.1, 0.15) is 32.1 Å². The molecule has 2 aromatic heterocycles. The zero-order valence-corrected chi connectivity index (χ0v) is 16.6. The van der Waals surface area contributed by atoms with Crippen LogP contribution in [0.3, 0.4) is 0 Å². The molecule has 0 bridgehead atoms. The molecule has 1 saturated heterocycles. The molecule has 1 aliphatic carbocycles. The molecule has 2 fully saturated rings. The molecule has 0 amide bonds. The van der Waals surface area contributed by atoms with E-state index in [1.54, 1.807) is 18.5 Å². The van der Waals surface area contributed by atoms with Crippen LogP contribution in [-0.4, -0.2) is 34.1 Å². The molecule has 1 atom stereocenters. The van der Waals surface area contributed by atoms with E-state index in [9.17, 15) is 0 Å². The van der Waals surface area contributed by atoms with Gasteiger partial charge in [0.1, 0.15) is 11.6 Å². The summed E-state index contributed by atoms with van der Waals surface area (Å²) in [5.74, 6) is 1.41. The first-order valence-electron chi connectivity index (χ1n) is 9.19. The lowest BCUT2D eigenvalue weighted by atomic mass is 9.74. The van der Waals surface area contributed by atoms with Crippen LogP contribution >= 0.6 is 23.4 Å². The van der Waals surface area contributed by atoms with Crippen LogP contribution in [-0.2, 0) is 0 Å². The van der Waals surface area contributed by atoms with E-state index in [0.29, 0.717) is 34.1 Å². The lowest BCUT2D eigenvalue weighted by molar-refractivity contribution is 0.197. The highest BCUT2D eigenvalue weighted by Crippen LogP contribution is 2.46. The van der Waals surface area contributed by atoms with Crippen LogP contribution in [0.2, 0.25) is 5.02 Å². The number of rotatable bonds is 3. The summed E-state index contributed by atoms with van der Waals surface area (Å²) in [6, 6.07) is 2.13. The van der Waals surface area contributed by atoms with Crippen molar-refractivity contribution >= 4 is 40.9 Å². The summed E-state index contributed by atoms with van der Waals surface area (Å²) in [4.78, 5) is 16.8. The summed E-state index contributed by atoms with van der Waals surface area (Å²) in [5, 5.41) is 0.417. The van der Waals surface area contributed by atoms with E-state index in [1.165, 1.54) is 24.6 Å². The van der Waals surface area contributed by atoms with Gasteiger partial charge in [0.05, 0.1) is 9.92 Å². The Morgan fingerprint density at radius 3 is 2.56 bits per heavy atom. The number of nitrogens with zero attached hydrogens (tertiary/aromatic N) is 4. The lowest BCUT2D eigenvalue weighted by Gasteiger charge is -2.42. The molecule has 0 aromatic carbocycles. The molecule has 2 aromatic rings. The Morgan fingerprint density at radius 2 is 1.89 bits per heavy atom. The molecule has 1 aliphatic heterocycles. The first-order chi connectivity index (χ1) is 13.0. The molecule has 1 saturated carbocycles. The van der Waals surface area contributed by atoms with Crippen LogP contribution in [0, 0.1) is 5.41 Å². The molecular formula is C18H24ClN7S. The summed E-state index contributed by atoms with van der Waals surface area (Å²) in [5.41, 5.74) is 18.6. The van der Waals surface area contributed by atoms with Crippen LogP contribution in [0.4, 0.5) is 17.6 Å². The van der Waals surface area contributed by atoms with Gasteiger partial charge in [-0.05, 0) is 37.2 Å². The van der Waals surface area contributed by atoms with Gasteiger partial charge < -0.3 is 22.1 Å². The van der Waals surface area contributed by atoms with E-state index in [0.717, 1.165) is 42.1 Å². The SMILES string of the molecule is Nc1nc(N2CCC3(CCC[C@H]3N)CC2)ncc1Sc1ccnc(N)c1Cl. The van der Waals surface area contributed by atoms with Gasteiger partial charge in [-0.25, -0.2) is 9.97 Å². The summed E-state index contributed by atoms with van der Waals surface area (Å²) < 4.78 is 0. The first kappa shape index (κ1) is 18.6. The van der Waals surface area contributed by atoms with Gasteiger partial charge in [0.2, 0.25) is 5.95 Å². The number of pyridine rings is 1. The van der Waals surface area contributed by atoms with E-state index in [2.05, 4.69) is 19.9 Å². The normalized spacial score (nSPS) is 21.7. The molecule has 144 valence electrons. The summed E-state index contributed by atoms with van der Waals surface area (Å²) in [7, 11) is 0. The van der Waals surface area contributed by atoms with Gasteiger partial charge in [-0.15, -0.1) is 0 Å². The van der Waals surface area contributed by atoms with Crippen molar-refractivity contribution in [3.05, 3.63) is 23.5 Å². The highest BCUT2D eigenvalue weighted by molar-refractivity contribution is 7.99. The minimum absolute atomic E-state index is 0.296.